The van der Waals surface area contributed by atoms with Gasteiger partial charge in [0.05, 0.1) is 0 Å². The Morgan fingerprint density at radius 3 is 2.45 bits per heavy atom. The highest BCUT2D eigenvalue weighted by atomic mass is 16.6. The molecule has 1 amide bonds. The number of ether oxygens (including phenoxy) is 1. The molecule has 0 aliphatic rings. The van der Waals surface area contributed by atoms with Crippen LogP contribution in [0.25, 0.3) is 0 Å². The summed E-state index contributed by atoms with van der Waals surface area (Å²) in [6.07, 6.45) is -0.353. The van der Waals surface area contributed by atoms with E-state index < -0.39 is 5.60 Å². The average molecular weight is 306 g/mol. The van der Waals surface area contributed by atoms with Gasteiger partial charge in [0.25, 0.3) is 0 Å². The van der Waals surface area contributed by atoms with E-state index in [4.69, 9.17) is 4.74 Å². The van der Waals surface area contributed by atoms with E-state index in [1.165, 1.54) is 5.56 Å². The molecule has 4 heteroatoms. The molecule has 1 atom stereocenters. The van der Waals surface area contributed by atoms with Gasteiger partial charge in [-0.1, -0.05) is 26.0 Å². The van der Waals surface area contributed by atoms with E-state index in [1.54, 1.807) is 0 Å². The lowest BCUT2D eigenvalue weighted by atomic mass is 9.95. The van der Waals surface area contributed by atoms with E-state index in [0.29, 0.717) is 18.4 Å². The molecule has 0 radical (unpaired) electrons. The van der Waals surface area contributed by atoms with Crippen molar-refractivity contribution in [2.45, 2.75) is 47.1 Å². The van der Waals surface area contributed by atoms with Crippen LogP contribution in [-0.4, -0.2) is 24.8 Å². The zero-order chi connectivity index (χ0) is 16.8. The highest BCUT2D eigenvalue weighted by Gasteiger charge is 2.19. The minimum absolute atomic E-state index is 0.341. The van der Waals surface area contributed by atoms with Gasteiger partial charge in [0.2, 0.25) is 0 Å². The third kappa shape index (κ3) is 7.34. The highest BCUT2D eigenvalue weighted by Crippen LogP contribution is 2.14. The van der Waals surface area contributed by atoms with E-state index in [0.717, 1.165) is 12.2 Å². The van der Waals surface area contributed by atoms with Crippen molar-refractivity contribution < 1.29 is 9.53 Å². The molecule has 1 aromatic carbocycles. The number of alkyl carbamates (subject to hydrolysis) is 1. The molecule has 0 saturated heterocycles. The second-order valence-electron chi connectivity index (χ2n) is 7.14. The standard InChI is InChI=1S/C18H30N2O2/c1-13(2)15(12-20-17(21)22-18(4,5)6)11-19-16-9-7-8-14(3)10-16/h7-10,13,15,19H,11-12H2,1-6H3,(H,20,21). The average Bonchev–Trinajstić information content (AvgIpc) is 2.36. The largest absolute Gasteiger partial charge is 0.444 e. The summed E-state index contributed by atoms with van der Waals surface area (Å²) in [5.74, 6) is 0.806. The fraction of sp³-hybridized carbons (Fsp3) is 0.611. The van der Waals surface area contributed by atoms with E-state index in [-0.39, 0.29) is 6.09 Å². The summed E-state index contributed by atoms with van der Waals surface area (Å²) >= 11 is 0. The molecule has 0 bridgehead atoms. The summed E-state index contributed by atoms with van der Waals surface area (Å²) in [6.45, 7) is 13.4. The summed E-state index contributed by atoms with van der Waals surface area (Å²) < 4.78 is 5.28. The molecule has 0 spiro atoms. The minimum Gasteiger partial charge on any atom is -0.444 e. The molecule has 22 heavy (non-hydrogen) atoms. The van der Waals surface area contributed by atoms with Crippen LogP contribution in [0.15, 0.2) is 24.3 Å². The summed E-state index contributed by atoms with van der Waals surface area (Å²) in [4.78, 5) is 11.8. The summed E-state index contributed by atoms with van der Waals surface area (Å²) in [5.41, 5.74) is 1.89. The first-order valence-electron chi connectivity index (χ1n) is 7.95. The molecule has 0 heterocycles. The number of nitrogens with one attached hydrogen (secondary N) is 2. The number of amides is 1. The van der Waals surface area contributed by atoms with Crippen LogP contribution in [0.3, 0.4) is 0 Å². The number of hydrogen-bond acceptors (Lipinski definition) is 3. The van der Waals surface area contributed by atoms with E-state index in [2.05, 4.69) is 49.6 Å². The molecule has 0 saturated carbocycles. The topological polar surface area (TPSA) is 50.4 Å². The van der Waals surface area contributed by atoms with Gasteiger partial charge in [-0.25, -0.2) is 4.79 Å². The number of aryl methyl sites for hydroxylation is 1. The van der Waals surface area contributed by atoms with Gasteiger partial charge < -0.3 is 15.4 Å². The molecule has 0 aliphatic carbocycles. The lowest BCUT2D eigenvalue weighted by Gasteiger charge is -2.24. The molecule has 1 rings (SSSR count). The van der Waals surface area contributed by atoms with Crippen LogP contribution < -0.4 is 10.6 Å². The van der Waals surface area contributed by atoms with E-state index in [9.17, 15) is 4.79 Å². The van der Waals surface area contributed by atoms with Gasteiger partial charge in [-0.15, -0.1) is 0 Å². The highest BCUT2D eigenvalue weighted by molar-refractivity contribution is 5.67. The number of carbonyl (C=O) groups is 1. The molecule has 0 aliphatic heterocycles. The van der Waals surface area contributed by atoms with Crippen LogP contribution in [0.4, 0.5) is 10.5 Å². The van der Waals surface area contributed by atoms with E-state index in [1.807, 2.05) is 26.8 Å². The Kier molecular flexibility index (Phi) is 6.72. The first-order valence-corrected chi connectivity index (χ1v) is 7.95. The molecule has 4 nitrogen and oxygen atoms in total. The summed E-state index contributed by atoms with van der Waals surface area (Å²) in [7, 11) is 0. The molecule has 0 aromatic heterocycles. The molecule has 124 valence electrons. The Hall–Kier alpha value is -1.71. The number of carbonyl (C=O) groups excluding carboxylic acids is 1. The number of hydrogen-bond donors (Lipinski definition) is 2. The molecule has 0 fully saturated rings. The third-order valence-corrected chi connectivity index (χ3v) is 3.44. The Labute approximate surface area is 134 Å². The van der Waals surface area contributed by atoms with Gasteiger partial charge >= 0.3 is 6.09 Å². The molecular formula is C18H30N2O2. The normalized spacial score (nSPS) is 12.9. The van der Waals surface area contributed by atoms with Crippen molar-refractivity contribution in [1.82, 2.24) is 5.32 Å². The fourth-order valence-electron chi connectivity index (χ4n) is 2.08. The van der Waals surface area contributed by atoms with Crippen molar-refractivity contribution in [2.75, 3.05) is 18.4 Å². The lowest BCUT2D eigenvalue weighted by molar-refractivity contribution is 0.0516. The van der Waals surface area contributed by atoms with Crippen LogP contribution >= 0.6 is 0 Å². The second-order valence-corrected chi connectivity index (χ2v) is 7.14. The lowest BCUT2D eigenvalue weighted by Crippen LogP contribution is -2.38. The SMILES string of the molecule is Cc1cccc(NCC(CNC(=O)OC(C)(C)C)C(C)C)c1. The summed E-state index contributed by atoms with van der Waals surface area (Å²) in [5, 5.41) is 6.31. The zero-order valence-corrected chi connectivity index (χ0v) is 14.7. The van der Waals surface area contributed by atoms with Gasteiger partial charge in [0.15, 0.2) is 0 Å². The Bertz CT molecular complexity index is 478. The van der Waals surface area contributed by atoms with Crippen molar-refractivity contribution in [3.05, 3.63) is 29.8 Å². The Morgan fingerprint density at radius 2 is 1.91 bits per heavy atom. The van der Waals surface area contributed by atoms with Crippen molar-refractivity contribution in [1.29, 1.82) is 0 Å². The Morgan fingerprint density at radius 1 is 1.23 bits per heavy atom. The molecular weight excluding hydrogens is 276 g/mol. The first kappa shape index (κ1) is 18.3. The van der Waals surface area contributed by atoms with Crippen LogP contribution in [0.5, 0.6) is 0 Å². The van der Waals surface area contributed by atoms with Crippen molar-refractivity contribution in [2.24, 2.45) is 11.8 Å². The third-order valence-electron chi connectivity index (χ3n) is 3.44. The number of benzene rings is 1. The maximum Gasteiger partial charge on any atom is 0.407 e. The van der Waals surface area contributed by atoms with Crippen molar-refractivity contribution >= 4 is 11.8 Å². The maximum atomic E-state index is 11.8. The zero-order valence-electron chi connectivity index (χ0n) is 14.7. The number of anilines is 1. The van der Waals surface area contributed by atoms with Crippen molar-refractivity contribution in [3.8, 4) is 0 Å². The molecule has 1 aromatic rings. The quantitative estimate of drug-likeness (QED) is 0.828. The van der Waals surface area contributed by atoms with Crippen LogP contribution in [0.1, 0.15) is 40.2 Å². The monoisotopic (exact) mass is 306 g/mol. The number of rotatable bonds is 6. The predicted molar refractivity (Wildman–Crippen MR) is 92.2 cm³/mol. The Balaban J connectivity index is 2.47. The first-order chi connectivity index (χ1) is 10.2. The van der Waals surface area contributed by atoms with Crippen molar-refractivity contribution in [3.63, 3.8) is 0 Å². The summed E-state index contributed by atoms with van der Waals surface area (Å²) in [6, 6.07) is 8.31. The van der Waals surface area contributed by atoms with Crippen LogP contribution in [0, 0.1) is 18.8 Å². The smallest absolute Gasteiger partial charge is 0.407 e. The fourth-order valence-corrected chi connectivity index (χ4v) is 2.08. The predicted octanol–water partition coefficient (Wildman–Crippen LogP) is 4.20. The second kappa shape index (κ2) is 8.06. The van der Waals surface area contributed by atoms with E-state index >= 15 is 0 Å². The minimum atomic E-state index is -0.461. The molecule has 2 N–H and O–H groups in total. The van der Waals surface area contributed by atoms with Crippen LogP contribution in [0.2, 0.25) is 0 Å². The van der Waals surface area contributed by atoms with Gasteiger partial charge in [-0.2, -0.15) is 0 Å². The van der Waals surface area contributed by atoms with Gasteiger partial charge in [0, 0.05) is 18.8 Å². The maximum absolute atomic E-state index is 11.8. The van der Waals surface area contributed by atoms with Gasteiger partial charge in [-0.3, -0.25) is 0 Å². The van der Waals surface area contributed by atoms with Gasteiger partial charge in [-0.05, 0) is 57.2 Å². The van der Waals surface area contributed by atoms with Crippen LogP contribution in [-0.2, 0) is 4.74 Å². The molecule has 1 unspecified atom stereocenters. The van der Waals surface area contributed by atoms with Gasteiger partial charge in [0.1, 0.15) is 5.60 Å².